The number of nitrogens with one attached hydrogen (secondary N) is 2. The molecule has 1 rings (SSSR count). The van der Waals surface area contributed by atoms with Crippen molar-refractivity contribution in [3.8, 4) is 5.75 Å². The molecule has 23 heavy (non-hydrogen) atoms. The number of aliphatic hydroxyl groups is 1. The number of aryl methyl sites for hydroxylation is 1. The zero-order chi connectivity index (χ0) is 17.5. The minimum Gasteiger partial charge on any atom is -0.434 e. The van der Waals surface area contributed by atoms with Crippen LogP contribution in [0.5, 0.6) is 5.75 Å². The molecule has 0 aromatic heterocycles. The number of urea groups is 1. The number of halogens is 2. The van der Waals surface area contributed by atoms with Gasteiger partial charge in [0.15, 0.2) is 0 Å². The summed E-state index contributed by atoms with van der Waals surface area (Å²) in [6, 6.07) is 4.31. The highest BCUT2D eigenvalue weighted by molar-refractivity contribution is 5.74. The van der Waals surface area contributed by atoms with Crippen molar-refractivity contribution in [1.29, 1.82) is 0 Å². The summed E-state index contributed by atoms with van der Waals surface area (Å²) in [5, 5.41) is 14.7. The summed E-state index contributed by atoms with van der Waals surface area (Å²) in [6.07, 6.45) is 1.43. The third kappa shape index (κ3) is 6.40. The van der Waals surface area contributed by atoms with Gasteiger partial charge in [0.05, 0.1) is 12.1 Å². The van der Waals surface area contributed by atoms with Gasteiger partial charge in [-0.25, -0.2) is 4.79 Å². The lowest BCUT2D eigenvalue weighted by Crippen LogP contribution is -2.52. The summed E-state index contributed by atoms with van der Waals surface area (Å²) in [4.78, 5) is 12.0. The number of benzene rings is 1. The molecule has 130 valence electrons. The van der Waals surface area contributed by atoms with Crippen LogP contribution in [0, 0.1) is 6.92 Å². The van der Waals surface area contributed by atoms with Crippen LogP contribution in [0.3, 0.4) is 0 Å². The number of amides is 2. The molecule has 0 heterocycles. The highest BCUT2D eigenvalue weighted by Crippen LogP contribution is 2.22. The van der Waals surface area contributed by atoms with E-state index in [0.29, 0.717) is 12.0 Å². The zero-order valence-electron chi connectivity index (χ0n) is 13.7. The maximum atomic E-state index is 12.4. The number of hydrogen-bond acceptors (Lipinski definition) is 3. The van der Waals surface area contributed by atoms with Gasteiger partial charge in [0.2, 0.25) is 0 Å². The monoisotopic (exact) mass is 330 g/mol. The van der Waals surface area contributed by atoms with Crippen LogP contribution >= 0.6 is 0 Å². The Kier molecular flexibility index (Phi) is 7.22. The van der Waals surface area contributed by atoms with Crippen LogP contribution in [0.4, 0.5) is 13.6 Å². The smallest absolute Gasteiger partial charge is 0.387 e. The van der Waals surface area contributed by atoms with Gasteiger partial charge in [0.25, 0.3) is 0 Å². The second-order valence-electron chi connectivity index (χ2n) is 5.77. The van der Waals surface area contributed by atoms with E-state index in [2.05, 4.69) is 15.4 Å². The van der Waals surface area contributed by atoms with Gasteiger partial charge in [-0.05, 0) is 26.3 Å². The molecule has 0 fully saturated rings. The lowest BCUT2D eigenvalue weighted by molar-refractivity contribution is -0.0504. The molecular weight excluding hydrogens is 306 g/mol. The SMILES string of the molecule is CCCC(C)(CO)NC(=O)NCc1cc(C)ccc1OC(F)F. The van der Waals surface area contributed by atoms with Gasteiger partial charge in [0.1, 0.15) is 5.75 Å². The van der Waals surface area contributed by atoms with Crippen molar-refractivity contribution in [3.05, 3.63) is 29.3 Å². The molecule has 5 nitrogen and oxygen atoms in total. The Morgan fingerprint density at radius 3 is 2.70 bits per heavy atom. The Hall–Kier alpha value is -1.89. The van der Waals surface area contributed by atoms with E-state index in [1.54, 1.807) is 19.1 Å². The molecule has 2 amide bonds. The van der Waals surface area contributed by atoms with Crippen molar-refractivity contribution in [1.82, 2.24) is 10.6 Å². The molecule has 1 aromatic carbocycles. The van der Waals surface area contributed by atoms with E-state index >= 15 is 0 Å². The van der Waals surface area contributed by atoms with Crippen LogP contribution in [-0.2, 0) is 6.54 Å². The predicted octanol–water partition coefficient (Wildman–Crippen LogP) is 2.95. The fourth-order valence-corrected chi connectivity index (χ4v) is 2.28. The van der Waals surface area contributed by atoms with E-state index in [0.717, 1.165) is 12.0 Å². The molecule has 0 aliphatic heterocycles. The fraction of sp³-hybridized carbons (Fsp3) is 0.562. The number of aliphatic hydroxyl groups excluding tert-OH is 1. The average molecular weight is 330 g/mol. The topological polar surface area (TPSA) is 70.6 Å². The zero-order valence-corrected chi connectivity index (χ0v) is 13.7. The molecule has 0 aliphatic carbocycles. The molecule has 0 saturated heterocycles. The largest absolute Gasteiger partial charge is 0.434 e. The predicted molar refractivity (Wildman–Crippen MR) is 83.6 cm³/mol. The first-order valence-corrected chi connectivity index (χ1v) is 7.51. The first kappa shape index (κ1) is 19.2. The lowest BCUT2D eigenvalue weighted by Gasteiger charge is -2.28. The number of carbonyl (C=O) groups excluding carboxylic acids is 1. The van der Waals surface area contributed by atoms with E-state index in [1.165, 1.54) is 6.07 Å². The van der Waals surface area contributed by atoms with E-state index in [4.69, 9.17) is 0 Å². The number of hydrogen-bond donors (Lipinski definition) is 3. The van der Waals surface area contributed by atoms with Crippen molar-refractivity contribution >= 4 is 6.03 Å². The Labute approximate surface area is 135 Å². The number of alkyl halides is 2. The summed E-state index contributed by atoms with van der Waals surface area (Å²) in [5.41, 5.74) is 0.616. The summed E-state index contributed by atoms with van der Waals surface area (Å²) in [6.45, 7) is 2.46. The minimum atomic E-state index is -2.92. The average Bonchev–Trinajstić information content (AvgIpc) is 2.47. The van der Waals surface area contributed by atoms with Crippen LogP contribution in [0.1, 0.15) is 37.8 Å². The van der Waals surface area contributed by atoms with Crippen molar-refractivity contribution in [3.63, 3.8) is 0 Å². The van der Waals surface area contributed by atoms with E-state index in [9.17, 15) is 18.7 Å². The molecule has 3 N–H and O–H groups in total. The van der Waals surface area contributed by atoms with E-state index < -0.39 is 18.2 Å². The van der Waals surface area contributed by atoms with Crippen LogP contribution in [-0.4, -0.2) is 29.9 Å². The van der Waals surface area contributed by atoms with Crippen LogP contribution < -0.4 is 15.4 Å². The van der Waals surface area contributed by atoms with Gasteiger partial charge >= 0.3 is 12.6 Å². The molecule has 7 heteroatoms. The molecule has 1 unspecified atom stereocenters. The van der Waals surface area contributed by atoms with Gasteiger partial charge in [-0.3, -0.25) is 0 Å². The Bertz CT molecular complexity index is 526. The second-order valence-corrected chi connectivity index (χ2v) is 5.77. The Balaban J connectivity index is 2.70. The number of rotatable bonds is 8. The van der Waals surface area contributed by atoms with Gasteiger partial charge in [0, 0.05) is 12.1 Å². The minimum absolute atomic E-state index is 0.0318. The maximum absolute atomic E-state index is 12.4. The molecule has 0 bridgehead atoms. The standard InChI is InChI=1S/C16H24F2N2O3/c1-4-7-16(3,10-21)20-15(22)19-9-12-8-11(2)5-6-13(12)23-14(17)18/h5-6,8,14,21H,4,7,9-10H2,1-3H3,(H2,19,20,22). The van der Waals surface area contributed by atoms with Crippen molar-refractivity contribution in [2.45, 2.75) is 52.3 Å². The van der Waals surface area contributed by atoms with Crippen molar-refractivity contribution < 1.29 is 23.4 Å². The normalized spacial score (nSPS) is 13.5. The second kappa shape index (κ2) is 8.67. The summed E-state index contributed by atoms with van der Waals surface area (Å²) in [7, 11) is 0. The van der Waals surface area contributed by atoms with Crippen LogP contribution in [0.2, 0.25) is 0 Å². The van der Waals surface area contributed by atoms with Gasteiger partial charge in [-0.15, -0.1) is 0 Å². The summed E-state index contributed by atoms with van der Waals surface area (Å²) < 4.78 is 29.3. The van der Waals surface area contributed by atoms with Gasteiger partial charge in [-0.2, -0.15) is 8.78 Å². The van der Waals surface area contributed by atoms with Crippen LogP contribution in [0.25, 0.3) is 0 Å². The highest BCUT2D eigenvalue weighted by atomic mass is 19.3. The first-order chi connectivity index (χ1) is 10.8. The van der Waals surface area contributed by atoms with Gasteiger partial charge in [-0.1, -0.05) is 31.0 Å². The lowest BCUT2D eigenvalue weighted by atomic mass is 9.98. The molecular formula is C16H24F2N2O3. The van der Waals surface area contributed by atoms with Crippen LogP contribution in [0.15, 0.2) is 18.2 Å². The maximum Gasteiger partial charge on any atom is 0.387 e. The Morgan fingerprint density at radius 2 is 2.13 bits per heavy atom. The number of ether oxygens (including phenoxy) is 1. The van der Waals surface area contributed by atoms with Gasteiger partial charge < -0.3 is 20.5 Å². The molecule has 0 aliphatic rings. The molecule has 1 aromatic rings. The van der Waals surface area contributed by atoms with E-state index in [-0.39, 0.29) is 18.9 Å². The Morgan fingerprint density at radius 1 is 1.43 bits per heavy atom. The van der Waals surface area contributed by atoms with E-state index in [1.807, 2.05) is 13.8 Å². The highest BCUT2D eigenvalue weighted by Gasteiger charge is 2.24. The fourth-order valence-electron chi connectivity index (χ4n) is 2.28. The quantitative estimate of drug-likeness (QED) is 0.686. The molecule has 1 atom stereocenters. The molecule has 0 spiro atoms. The summed E-state index contributed by atoms with van der Waals surface area (Å²) >= 11 is 0. The number of carbonyl (C=O) groups is 1. The summed E-state index contributed by atoms with van der Waals surface area (Å²) in [5.74, 6) is 0.0318. The third-order valence-electron chi connectivity index (χ3n) is 3.44. The molecule has 0 saturated carbocycles. The van der Waals surface area contributed by atoms with Crippen molar-refractivity contribution in [2.24, 2.45) is 0 Å². The first-order valence-electron chi connectivity index (χ1n) is 7.51. The third-order valence-corrected chi connectivity index (χ3v) is 3.44. The van der Waals surface area contributed by atoms with Crippen molar-refractivity contribution in [2.75, 3.05) is 6.61 Å². The molecule has 0 radical (unpaired) electrons.